The molecule has 0 fully saturated rings. The summed E-state index contributed by atoms with van der Waals surface area (Å²) >= 11 is 0. The van der Waals surface area contributed by atoms with Gasteiger partial charge in [0, 0.05) is 24.9 Å². The molecule has 1 aromatic carbocycles. The maximum atomic E-state index is 13.3. The number of benzene rings is 1. The molecule has 9 nitrogen and oxygen atoms in total. The van der Waals surface area contributed by atoms with E-state index >= 15 is 0 Å². The zero-order chi connectivity index (χ0) is 19.2. The molecule has 0 bridgehead atoms. The summed E-state index contributed by atoms with van der Waals surface area (Å²) in [6.07, 6.45) is 4.41. The molecule has 0 aliphatic rings. The maximum Gasteiger partial charge on any atom is 0.490 e. The van der Waals surface area contributed by atoms with E-state index in [4.69, 9.17) is 0 Å². The molecule has 0 aliphatic carbocycles. The number of nitrogens with zero attached hydrogens (tertiary/aromatic N) is 5. The van der Waals surface area contributed by atoms with Gasteiger partial charge in [0.1, 0.15) is 5.52 Å². The van der Waals surface area contributed by atoms with Crippen molar-refractivity contribution < 1.29 is 18.5 Å². The number of hydrogen-bond donors (Lipinski definition) is 2. The Labute approximate surface area is 154 Å². The minimum Gasteiger partial charge on any atom is -0.423 e. The van der Waals surface area contributed by atoms with Crippen molar-refractivity contribution in [3.8, 4) is 11.4 Å². The fourth-order valence-electron chi connectivity index (χ4n) is 2.82. The first kappa shape index (κ1) is 17.4. The van der Waals surface area contributed by atoms with Crippen molar-refractivity contribution >= 4 is 33.8 Å². The number of hydrogen-bond acceptors (Lipinski definition) is 7. The molecule has 11 heteroatoms. The highest BCUT2D eigenvalue weighted by Crippen LogP contribution is 2.27. The van der Waals surface area contributed by atoms with Gasteiger partial charge >= 0.3 is 7.12 Å². The van der Waals surface area contributed by atoms with Gasteiger partial charge in [-0.05, 0) is 18.2 Å². The number of imidazole rings is 1. The first-order valence-corrected chi connectivity index (χ1v) is 9.37. The summed E-state index contributed by atoms with van der Waals surface area (Å²) in [6, 6.07) is 9.27. The summed E-state index contributed by atoms with van der Waals surface area (Å²) in [5, 5.41) is 23.3. The van der Waals surface area contributed by atoms with Gasteiger partial charge < -0.3 is 10.0 Å². The molecule has 0 aliphatic heterocycles. The van der Waals surface area contributed by atoms with Gasteiger partial charge in [0.05, 0.1) is 16.7 Å². The van der Waals surface area contributed by atoms with E-state index in [1.165, 1.54) is 35.3 Å². The van der Waals surface area contributed by atoms with Crippen molar-refractivity contribution in [2.45, 2.75) is 4.90 Å². The molecule has 136 valence electrons. The van der Waals surface area contributed by atoms with E-state index in [0.717, 1.165) is 3.97 Å². The third-order valence-corrected chi connectivity index (χ3v) is 5.76. The summed E-state index contributed by atoms with van der Waals surface area (Å²) < 4.78 is 29.2. The molecule has 3 heterocycles. The topological polar surface area (TPSA) is 123 Å². The van der Waals surface area contributed by atoms with Crippen molar-refractivity contribution in [2.24, 2.45) is 7.05 Å². The minimum absolute atomic E-state index is 0.00306. The molecular weight excluding hydrogens is 369 g/mol. The van der Waals surface area contributed by atoms with Gasteiger partial charge in [0.15, 0.2) is 11.5 Å². The highest BCUT2D eigenvalue weighted by atomic mass is 32.2. The minimum atomic E-state index is -4.04. The van der Waals surface area contributed by atoms with Crippen LogP contribution in [0.3, 0.4) is 0 Å². The van der Waals surface area contributed by atoms with E-state index < -0.39 is 17.1 Å². The Balaban J connectivity index is 2.11. The van der Waals surface area contributed by atoms with Crippen molar-refractivity contribution in [2.75, 3.05) is 0 Å². The van der Waals surface area contributed by atoms with E-state index in [0.29, 0.717) is 5.56 Å². The van der Waals surface area contributed by atoms with E-state index in [9.17, 15) is 18.5 Å². The largest absolute Gasteiger partial charge is 0.490 e. The molecule has 2 N–H and O–H groups in total. The molecule has 4 aromatic rings. The quantitative estimate of drug-likeness (QED) is 0.466. The lowest BCUT2D eigenvalue weighted by molar-refractivity contribution is 0.426. The summed E-state index contributed by atoms with van der Waals surface area (Å²) in [5.74, 6) is 0.0857. The third kappa shape index (κ3) is 2.81. The van der Waals surface area contributed by atoms with Crippen LogP contribution in [0.15, 0.2) is 59.9 Å². The lowest BCUT2D eigenvalue weighted by Crippen LogP contribution is -2.31. The molecular formula is C16H14BN5O4S. The Bertz CT molecular complexity index is 1230. The number of aromatic nitrogens is 5. The second-order valence-corrected chi connectivity index (χ2v) is 7.65. The van der Waals surface area contributed by atoms with Crippen LogP contribution in [0.5, 0.6) is 0 Å². The van der Waals surface area contributed by atoms with E-state index in [-0.39, 0.29) is 27.3 Å². The van der Waals surface area contributed by atoms with E-state index in [1.807, 2.05) is 0 Å². The molecule has 0 radical (unpaired) electrons. The number of pyridine rings is 1. The predicted molar refractivity (Wildman–Crippen MR) is 98.6 cm³/mol. The van der Waals surface area contributed by atoms with Crippen molar-refractivity contribution in [1.82, 2.24) is 23.7 Å². The smallest absolute Gasteiger partial charge is 0.423 e. The molecule has 3 aromatic heterocycles. The maximum absolute atomic E-state index is 13.3. The lowest BCUT2D eigenvalue weighted by atomic mass is 9.80. The Morgan fingerprint density at radius 2 is 1.85 bits per heavy atom. The fraction of sp³-hybridized carbons (Fsp3) is 0.0625. The molecule has 0 saturated carbocycles. The molecule has 0 unspecified atom stereocenters. The zero-order valence-electron chi connectivity index (χ0n) is 14.1. The van der Waals surface area contributed by atoms with Crippen LogP contribution in [-0.4, -0.2) is 49.3 Å². The van der Waals surface area contributed by atoms with Crippen LogP contribution >= 0.6 is 0 Å². The molecule has 0 amide bonds. The van der Waals surface area contributed by atoms with Crippen molar-refractivity contribution in [1.29, 1.82) is 0 Å². The second-order valence-electron chi connectivity index (χ2n) is 5.87. The van der Waals surface area contributed by atoms with Crippen LogP contribution in [0.25, 0.3) is 22.6 Å². The van der Waals surface area contributed by atoms with Gasteiger partial charge in [-0.25, -0.2) is 18.4 Å². The van der Waals surface area contributed by atoms with Crippen LogP contribution in [0, 0.1) is 0 Å². The molecule has 4 rings (SSSR count). The monoisotopic (exact) mass is 383 g/mol. The average Bonchev–Trinajstić information content (AvgIpc) is 3.25. The van der Waals surface area contributed by atoms with Crippen LogP contribution in [-0.2, 0) is 17.1 Å². The van der Waals surface area contributed by atoms with Gasteiger partial charge in [-0.3, -0.25) is 4.68 Å². The normalized spacial score (nSPS) is 11.8. The van der Waals surface area contributed by atoms with Gasteiger partial charge in [-0.1, -0.05) is 18.2 Å². The summed E-state index contributed by atoms with van der Waals surface area (Å²) in [5.41, 5.74) is 0.606. The van der Waals surface area contributed by atoms with Crippen LogP contribution in [0.2, 0.25) is 0 Å². The van der Waals surface area contributed by atoms with Crippen molar-refractivity contribution in [3.05, 3.63) is 55.0 Å². The zero-order valence-corrected chi connectivity index (χ0v) is 14.9. The van der Waals surface area contributed by atoms with Gasteiger partial charge in [0.25, 0.3) is 10.0 Å². The van der Waals surface area contributed by atoms with Crippen LogP contribution in [0.4, 0.5) is 0 Å². The van der Waals surface area contributed by atoms with E-state index in [1.54, 1.807) is 31.4 Å². The Morgan fingerprint density at radius 1 is 1.11 bits per heavy atom. The van der Waals surface area contributed by atoms with Gasteiger partial charge in [-0.15, -0.1) is 0 Å². The van der Waals surface area contributed by atoms with Gasteiger partial charge in [-0.2, -0.15) is 9.07 Å². The predicted octanol–water partition coefficient (Wildman–Crippen LogP) is -0.251. The molecule has 0 atom stereocenters. The number of rotatable bonds is 4. The third-order valence-electron chi connectivity index (χ3n) is 4.06. The number of fused-ring (bicyclic) bond motifs is 1. The second kappa shape index (κ2) is 6.30. The first-order valence-electron chi connectivity index (χ1n) is 7.92. The average molecular weight is 383 g/mol. The highest BCUT2D eigenvalue weighted by molar-refractivity contribution is 7.90. The summed E-state index contributed by atoms with van der Waals surface area (Å²) in [4.78, 5) is 8.56. The lowest BCUT2D eigenvalue weighted by Gasteiger charge is -2.09. The number of aryl methyl sites for hydroxylation is 1. The van der Waals surface area contributed by atoms with E-state index in [2.05, 4.69) is 15.1 Å². The van der Waals surface area contributed by atoms with Crippen molar-refractivity contribution in [3.63, 3.8) is 0 Å². The summed E-state index contributed by atoms with van der Waals surface area (Å²) in [7, 11) is -4.16. The Hall–Kier alpha value is -3.02. The van der Waals surface area contributed by atoms with Gasteiger partial charge in [0.2, 0.25) is 0 Å². The molecule has 27 heavy (non-hydrogen) atoms. The standard InChI is InChI=1S/C16H14BN5O4S/c1-21-10-11(9-19-21)15-20-14-13(17(23)24)7-8-18-16(14)22(15)27(25,26)12-5-3-2-4-6-12/h2-10,23-24H,1H3. The first-order chi connectivity index (χ1) is 12.9. The molecule has 0 saturated heterocycles. The van der Waals surface area contributed by atoms with Crippen LogP contribution < -0.4 is 5.46 Å². The summed E-state index contributed by atoms with van der Waals surface area (Å²) in [6.45, 7) is 0. The van der Waals surface area contributed by atoms with Crippen LogP contribution in [0.1, 0.15) is 0 Å². The SMILES string of the molecule is Cn1cc(-c2nc3c(B(O)O)ccnc3n2S(=O)(=O)c2ccccc2)cn1. The Morgan fingerprint density at radius 3 is 2.48 bits per heavy atom. The fourth-order valence-corrected chi connectivity index (χ4v) is 4.27. The molecule has 0 spiro atoms. The highest BCUT2D eigenvalue weighted by Gasteiger charge is 2.29. The Kier molecular flexibility index (Phi) is 4.06.